The fourth-order valence-corrected chi connectivity index (χ4v) is 2.72. The Morgan fingerprint density at radius 1 is 1.08 bits per heavy atom. The van der Waals surface area contributed by atoms with Gasteiger partial charge in [0, 0.05) is 19.2 Å². The smallest absolute Gasteiger partial charge is 0.244 e. The third-order valence-electron chi connectivity index (χ3n) is 4.28. The molecule has 0 radical (unpaired) electrons. The summed E-state index contributed by atoms with van der Waals surface area (Å²) in [5, 5.41) is 2.91. The molecule has 26 heavy (non-hydrogen) atoms. The topological polar surface area (TPSA) is 58.6 Å². The van der Waals surface area contributed by atoms with E-state index in [0.29, 0.717) is 13.0 Å². The van der Waals surface area contributed by atoms with Gasteiger partial charge >= 0.3 is 0 Å². The van der Waals surface area contributed by atoms with Crippen LogP contribution >= 0.6 is 0 Å². The minimum absolute atomic E-state index is 0.0452. The van der Waals surface area contributed by atoms with Crippen LogP contribution in [0.3, 0.4) is 0 Å². The zero-order valence-electron chi connectivity index (χ0n) is 15.6. The molecule has 0 bridgehead atoms. The summed E-state index contributed by atoms with van der Waals surface area (Å²) in [6, 6.07) is 15.4. The van der Waals surface area contributed by atoms with Gasteiger partial charge in [-0.2, -0.15) is 0 Å². The maximum atomic E-state index is 12.4. The number of carbonyl (C=O) groups is 2. The van der Waals surface area contributed by atoms with Crippen molar-refractivity contribution < 1.29 is 14.3 Å². The standard InChI is InChI=1S/C21H26N2O3/c1-4-18-7-5-6-8-20(18)22-21(25)15-23(16(2)24)14-13-17-9-11-19(26-3)12-10-17/h5-12H,4,13-15H2,1-3H3,(H,22,25). The molecule has 0 spiro atoms. The monoisotopic (exact) mass is 354 g/mol. The number of aryl methyl sites for hydroxylation is 1. The molecule has 0 aromatic heterocycles. The Kier molecular flexibility index (Phi) is 7.21. The van der Waals surface area contributed by atoms with Crippen molar-refractivity contribution in [1.29, 1.82) is 0 Å². The SMILES string of the molecule is CCc1ccccc1NC(=O)CN(CCc1ccc(OC)cc1)C(C)=O. The molecule has 138 valence electrons. The van der Waals surface area contributed by atoms with Gasteiger partial charge in [0.05, 0.1) is 13.7 Å². The number of hydrogen-bond acceptors (Lipinski definition) is 3. The lowest BCUT2D eigenvalue weighted by atomic mass is 10.1. The summed E-state index contributed by atoms with van der Waals surface area (Å²) in [7, 11) is 1.63. The van der Waals surface area contributed by atoms with Gasteiger partial charge in [0.1, 0.15) is 5.75 Å². The van der Waals surface area contributed by atoms with E-state index in [9.17, 15) is 9.59 Å². The van der Waals surface area contributed by atoms with E-state index in [1.54, 1.807) is 12.0 Å². The van der Waals surface area contributed by atoms with Gasteiger partial charge in [-0.15, -0.1) is 0 Å². The summed E-state index contributed by atoms with van der Waals surface area (Å²) < 4.78 is 5.14. The Hall–Kier alpha value is -2.82. The molecule has 1 N–H and O–H groups in total. The normalized spacial score (nSPS) is 10.3. The summed E-state index contributed by atoms with van der Waals surface area (Å²) >= 11 is 0. The van der Waals surface area contributed by atoms with Crippen LogP contribution in [0.15, 0.2) is 48.5 Å². The van der Waals surface area contributed by atoms with Crippen LogP contribution in [-0.4, -0.2) is 36.9 Å². The first-order valence-corrected chi connectivity index (χ1v) is 8.79. The highest BCUT2D eigenvalue weighted by Gasteiger charge is 2.14. The summed E-state index contributed by atoms with van der Waals surface area (Å²) in [5.41, 5.74) is 2.97. The van der Waals surface area contributed by atoms with E-state index in [4.69, 9.17) is 4.74 Å². The Morgan fingerprint density at radius 3 is 2.38 bits per heavy atom. The molecule has 0 aliphatic rings. The maximum Gasteiger partial charge on any atom is 0.244 e. The number of ether oxygens (including phenoxy) is 1. The molecule has 0 atom stereocenters. The Bertz CT molecular complexity index is 741. The number of benzene rings is 2. The molecule has 0 saturated heterocycles. The number of rotatable bonds is 8. The Balaban J connectivity index is 1.94. The molecule has 0 heterocycles. The fraction of sp³-hybridized carbons (Fsp3) is 0.333. The summed E-state index contributed by atoms with van der Waals surface area (Å²) in [6.45, 7) is 4.07. The lowest BCUT2D eigenvalue weighted by Gasteiger charge is -2.21. The van der Waals surface area contributed by atoms with Crippen LogP contribution in [0.2, 0.25) is 0 Å². The van der Waals surface area contributed by atoms with Crippen LogP contribution in [0, 0.1) is 0 Å². The lowest BCUT2D eigenvalue weighted by molar-refractivity contribution is -0.132. The lowest BCUT2D eigenvalue weighted by Crippen LogP contribution is -2.38. The van der Waals surface area contributed by atoms with E-state index >= 15 is 0 Å². The fourth-order valence-electron chi connectivity index (χ4n) is 2.72. The van der Waals surface area contributed by atoms with Crippen molar-refractivity contribution >= 4 is 17.5 Å². The molecule has 0 unspecified atom stereocenters. The van der Waals surface area contributed by atoms with Gasteiger partial charge in [-0.05, 0) is 42.2 Å². The predicted molar refractivity (Wildman–Crippen MR) is 103 cm³/mol. The highest BCUT2D eigenvalue weighted by molar-refractivity contribution is 5.94. The van der Waals surface area contributed by atoms with Gasteiger partial charge < -0.3 is 15.0 Å². The quantitative estimate of drug-likeness (QED) is 0.791. The molecular weight excluding hydrogens is 328 g/mol. The second kappa shape index (κ2) is 9.61. The molecule has 2 aromatic rings. The van der Waals surface area contributed by atoms with Gasteiger partial charge in [-0.25, -0.2) is 0 Å². The van der Waals surface area contributed by atoms with Crippen molar-refractivity contribution in [2.75, 3.05) is 25.5 Å². The minimum atomic E-state index is -0.184. The van der Waals surface area contributed by atoms with Gasteiger partial charge in [-0.3, -0.25) is 9.59 Å². The average Bonchev–Trinajstić information content (AvgIpc) is 2.65. The van der Waals surface area contributed by atoms with Crippen LogP contribution < -0.4 is 10.1 Å². The highest BCUT2D eigenvalue weighted by atomic mass is 16.5. The van der Waals surface area contributed by atoms with Crippen LogP contribution in [0.4, 0.5) is 5.69 Å². The van der Waals surface area contributed by atoms with Gasteiger partial charge in [-0.1, -0.05) is 37.3 Å². The van der Waals surface area contributed by atoms with Crippen molar-refractivity contribution in [2.24, 2.45) is 0 Å². The van der Waals surface area contributed by atoms with Crippen molar-refractivity contribution in [3.63, 3.8) is 0 Å². The maximum absolute atomic E-state index is 12.4. The molecule has 2 aromatic carbocycles. The molecular formula is C21H26N2O3. The van der Waals surface area contributed by atoms with Crippen LogP contribution in [0.25, 0.3) is 0 Å². The van der Waals surface area contributed by atoms with Crippen molar-refractivity contribution in [2.45, 2.75) is 26.7 Å². The molecule has 5 nitrogen and oxygen atoms in total. The third kappa shape index (κ3) is 5.62. The number of anilines is 1. The van der Waals surface area contributed by atoms with E-state index in [1.165, 1.54) is 6.92 Å². The second-order valence-electron chi connectivity index (χ2n) is 6.10. The van der Waals surface area contributed by atoms with E-state index in [-0.39, 0.29) is 18.4 Å². The predicted octanol–water partition coefficient (Wildman–Crippen LogP) is 3.29. The Labute approximate surface area is 155 Å². The molecule has 0 aliphatic carbocycles. The minimum Gasteiger partial charge on any atom is -0.497 e. The second-order valence-corrected chi connectivity index (χ2v) is 6.10. The van der Waals surface area contributed by atoms with Crippen molar-refractivity contribution in [3.8, 4) is 5.75 Å². The average molecular weight is 354 g/mol. The van der Waals surface area contributed by atoms with Crippen LogP contribution in [0.5, 0.6) is 5.75 Å². The number of amides is 2. The van der Waals surface area contributed by atoms with E-state index in [2.05, 4.69) is 5.32 Å². The molecule has 0 aliphatic heterocycles. The number of para-hydroxylation sites is 1. The molecule has 0 fully saturated rings. The summed E-state index contributed by atoms with van der Waals surface area (Å²) in [5.74, 6) is 0.499. The Morgan fingerprint density at radius 2 is 1.77 bits per heavy atom. The summed E-state index contributed by atoms with van der Waals surface area (Å²) in [6.07, 6.45) is 1.52. The van der Waals surface area contributed by atoms with Crippen molar-refractivity contribution in [3.05, 3.63) is 59.7 Å². The summed E-state index contributed by atoms with van der Waals surface area (Å²) in [4.78, 5) is 25.8. The zero-order valence-corrected chi connectivity index (χ0v) is 15.6. The first-order chi connectivity index (χ1) is 12.5. The van der Waals surface area contributed by atoms with Gasteiger partial charge in [0.25, 0.3) is 0 Å². The molecule has 5 heteroatoms. The van der Waals surface area contributed by atoms with Crippen molar-refractivity contribution in [1.82, 2.24) is 4.90 Å². The highest BCUT2D eigenvalue weighted by Crippen LogP contribution is 2.15. The van der Waals surface area contributed by atoms with Gasteiger partial charge in [0.15, 0.2) is 0 Å². The number of nitrogens with one attached hydrogen (secondary N) is 1. The first kappa shape index (κ1) is 19.5. The first-order valence-electron chi connectivity index (χ1n) is 8.79. The molecule has 0 saturated carbocycles. The van der Waals surface area contributed by atoms with E-state index in [1.807, 2.05) is 55.5 Å². The number of nitrogens with zero attached hydrogens (tertiary/aromatic N) is 1. The zero-order chi connectivity index (χ0) is 18.9. The number of methoxy groups -OCH3 is 1. The largest absolute Gasteiger partial charge is 0.497 e. The molecule has 2 amide bonds. The van der Waals surface area contributed by atoms with Crippen LogP contribution in [0.1, 0.15) is 25.0 Å². The number of carbonyl (C=O) groups excluding carboxylic acids is 2. The van der Waals surface area contributed by atoms with E-state index < -0.39 is 0 Å². The van der Waals surface area contributed by atoms with Crippen LogP contribution in [-0.2, 0) is 22.4 Å². The van der Waals surface area contributed by atoms with Gasteiger partial charge in [0.2, 0.25) is 11.8 Å². The number of hydrogen-bond donors (Lipinski definition) is 1. The van der Waals surface area contributed by atoms with E-state index in [0.717, 1.165) is 29.0 Å². The third-order valence-corrected chi connectivity index (χ3v) is 4.28. The molecule has 2 rings (SSSR count).